The summed E-state index contributed by atoms with van der Waals surface area (Å²) in [6, 6.07) is 6.89. The van der Waals surface area contributed by atoms with E-state index in [0.717, 1.165) is 17.0 Å². The average Bonchev–Trinajstić information content (AvgIpc) is 3.00. The number of aromatic nitrogens is 1. The average molecular weight is 414 g/mol. The number of hydrogen-bond acceptors (Lipinski definition) is 4. The normalized spacial score (nSPS) is 16.9. The van der Waals surface area contributed by atoms with Gasteiger partial charge in [-0.1, -0.05) is 17.7 Å². The van der Waals surface area contributed by atoms with Crippen molar-refractivity contribution in [2.75, 3.05) is 23.5 Å². The summed E-state index contributed by atoms with van der Waals surface area (Å²) in [6.07, 6.45) is -5.56. The van der Waals surface area contributed by atoms with Gasteiger partial charge in [-0.15, -0.1) is 0 Å². The maximum absolute atomic E-state index is 13.1. The van der Waals surface area contributed by atoms with Gasteiger partial charge in [-0.2, -0.15) is 13.2 Å². The van der Waals surface area contributed by atoms with Crippen LogP contribution in [0, 0.1) is 6.92 Å². The molecule has 2 aromatic rings. The number of benzene rings is 1. The van der Waals surface area contributed by atoms with Crippen LogP contribution in [-0.4, -0.2) is 36.7 Å². The SMILES string of the molecule is Cc1cc(C(F)(F)F)cc(N2C(=O)OCC2C(=O)N(C)c2cccc(Cl)c2)n1. The van der Waals surface area contributed by atoms with Crippen molar-refractivity contribution in [3.8, 4) is 0 Å². The van der Waals surface area contributed by atoms with Crippen LogP contribution in [0.4, 0.5) is 29.5 Å². The van der Waals surface area contributed by atoms with Gasteiger partial charge < -0.3 is 9.64 Å². The summed E-state index contributed by atoms with van der Waals surface area (Å²) in [4.78, 5) is 31.2. The topological polar surface area (TPSA) is 62.7 Å². The summed E-state index contributed by atoms with van der Waals surface area (Å²) in [5.41, 5.74) is -0.451. The molecule has 0 bridgehead atoms. The minimum atomic E-state index is -4.62. The zero-order chi connectivity index (χ0) is 20.6. The first-order valence-corrected chi connectivity index (χ1v) is 8.50. The van der Waals surface area contributed by atoms with Crippen LogP contribution in [0.2, 0.25) is 5.02 Å². The van der Waals surface area contributed by atoms with Crippen molar-refractivity contribution in [1.82, 2.24) is 4.98 Å². The van der Waals surface area contributed by atoms with E-state index in [1.165, 1.54) is 18.9 Å². The molecule has 0 spiro atoms. The van der Waals surface area contributed by atoms with Crippen molar-refractivity contribution in [3.63, 3.8) is 0 Å². The first-order chi connectivity index (χ1) is 13.1. The first kappa shape index (κ1) is 19.9. The van der Waals surface area contributed by atoms with Gasteiger partial charge in [0.25, 0.3) is 5.91 Å². The third-order valence-corrected chi connectivity index (χ3v) is 4.43. The highest BCUT2D eigenvalue weighted by atomic mass is 35.5. The summed E-state index contributed by atoms with van der Waals surface area (Å²) in [7, 11) is 1.47. The number of anilines is 2. The molecule has 1 saturated heterocycles. The number of alkyl halides is 3. The molecular formula is C18H15ClF3N3O3. The fraction of sp³-hybridized carbons (Fsp3) is 0.278. The van der Waals surface area contributed by atoms with Gasteiger partial charge in [0.2, 0.25) is 0 Å². The van der Waals surface area contributed by atoms with Gasteiger partial charge in [0, 0.05) is 23.5 Å². The zero-order valence-corrected chi connectivity index (χ0v) is 15.6. The summed E-state index contributed by atoms with van der Waals surface area (Å²) in [5, 5.41) is 0.405. The molecule has 2 amide bonds. The van der Waals surface area contributed by atoms with E-state index in [0.29, 0.717) is 10.7 Å². The van der Waals surface area contributed by atoms with E-state index in [9.17, 15) is 22.8 Å². The largest absolute Gasteiger partial charge is 0.446 e. The van der Waals surface area contributed by atoms with Gasteiger partial charge in [-0.3, -0.25) is 4.79 Å². The molecule has 6 nitrogen and oxygen atoms in total. The summed E-state index contributed by atoms with van der Waals surface area (Å²) in [5.74, 6) is -0.849. The number of rotatable bonds is 3. The number of likely N-dealkylation sites (N-methyl/N-ethyl adjacent to an activating group) is 1. The third-order valence-electron chi connectivity index (χ3n) is 4.20. The highest BCUT2D eigenvalue weighted by Crippen LogP contribution is 2.33. The Balaban J connectivity index is 1.96. The molecule has 1 atom stereocenters. The van der Waals surface area contributed by atoms with Crippen LogP contribution in [0.15, 0.2) is 36.4 Å². The minimum absolute atomic E-state index is 0.0546. The number of aryl methyl sites for hydroxylation is 1. The second-order valence-corrected chi connectivity index (χ2v) is 6.63. The number of carbonyl (C=O) groups excluding carboxylic acids is 2. The molecule has 0 radical (unpaired) electrons. The number of nitrogens with zero attached hydrogens (tertiary/aromatic N) is 3. The lowest BCUT2D eigenvalue weighted by Crippen LogP contribution is -2.47. The molecule has 0 aliphatic carbocycles. The lowest BCUT2D eigenvalue weighted by Gasteiger charge is -2.25. The Hall–Kier alpha value is -2.81. The Bertz CT molecular complexity index is 936. The number of halogens is 4. The predicted molar refractivity (Wildman–Crippen MR) is 96.5 cm³/mol. The van der Waals surface area contributed by atoms with Gasteiger partial charge in [0.05, 0.1) is 5.56 Å². The molecule has 0 N–H and O–H groups in total. The van der Waals surface area contributed by atoms with Crippen LogP contribution in [0.3, 0.4) is 0 Å². The fourth-order valence-corrected chi connectivity index (χ4v) is 3.01. The Kier molecular flexibility index (Phi) is 5.20. The van der Waals surface area contributed by atoms with Gasteiger partial charge in [0.15, 0.2) is 6.04 Å². The maximum Gasteiger partial charge on any atom is 0.416 e. The molecule has 3 rings (SSSR count). The van der Waals surface area contributed by atoms with E-state index in [1.807, 2.05) is 0 Å². The molecule has 1 aromatic carbocycles. The smallest absolute Gasteiger partial charge is 0.416 e. The first-order valence-electron chi connectivity index (χ1n) is 8.13. The highest BCUT2D eigenvalue weighted by molar-refractivity contribution is 6.31. The number of carbonyl (C=O) groups is 2. The molecule has 0 saturated carbocycles. The van der Waals surface area contributed by atoms with E-state index in [4.69, 9.17) is 16.3 Å². The van der Waals surface area contributed by atoms with Gasteiger partial charge in [-0.05, 0) is 37.3 Å². The molecule has 28 heavy (non-hydrogen) atoms. The Morgan fingerprint density at radius 1 is 1.32 bits per heavy atom. The van der Waals surface area contributed by atoms with E-state index < -0.39 is 29.8 Å². The highest BCUT2D eigenvalue weighted by Gasteiger charge is 2.42. The molecule has 1 aliphatic heterocycles. The molecule has 1 aliphatic rings. The van der Waals surface area contributed by atoms with E-state index in [-0.39, 0.29) is 18.1 Å². The lowest BCUT2D eigenvalue weighted by atomic mass is 10.2. The molecular weight excluding hydrogens is 399 g/mol. The van der Waals surface area contributed by atoms with Crippen LogP contribution in [0.25, 0.3) is 0 Å². The summed E-state index contributed by atoms with van der Waals surface area (Å²) in [6.45, 7) is 1.06. The Morgan fingerprint density at radius 3 is 2.68 bits per heavy atom. The predicted octanol–water partition coefficient (Wildman–Crippen LogP) is 4.05. The molecule has 2 heterocycles. The number of hydrogen-bond donors (Lipinski definition) is 0. The van der Waals surface area contributed by atoms with E-state index in [1.54, 1.807) is 24.3 Å². The second-order valence-electron chi connectivity index (χ2n) is 6.19. The third kappa shape index (κ3) is 3.89. The molecule has 1 aromatic heterocycles. The summed E-state index contributed by atoms with van der Waals surface area (Å²) >= 11 is 5.93. The fourth-order valence-electron chi connectivity index (χ4n) is 2.83. The summed E-state index contributed by atoms with van der Waals surface area (Å²) < 4.78 is 44.3. The molecule has 1 unspecified atom stereocenters. The van der Waals surface area contributed by atoms with Crippen LogP contribution in [0.5, 0.6) is 0 Å². The van der Waals surface area contributed by atoms with Crippen molar-refractivity contribution in [3.05, 3.63) is 52.7 Å². The molecule has 148 valence electrons. The van der Waals surface area contributed by atoms with Gasteiger partial charge in [-0.25, -0.2) is 14.7 Å². The van der Waals surface area contributed by atoms with Crippen molar-refractivity contribution >= 4 is 35.1 Å². The Labute approximate surface area is 163 Å². The van der Waals surface area contributed by atoms with E-state index >= 15 is 0 Å². The molecule has 10 heteroatoms. The van der Waals surface area contributed by atoms with E-state index in [2.05, 4.69) is 4.98 Å². The van der Waals surface area contributed by atoms with Crippen molar-refractivity contribution < 1.29 is 27.5 Å². The minimum Gasteiger partial charge on any atom is -0.446 e. The van der Waals surface area contributed by atoms with Crippen LogP contribution >= 0.6 is 11.6 Å². The number of cyclic esters (lactones) is 1. The number of amides is 2. The van der Waals surface area contributed by atoms with Gasteiger partial charge >= 0.3 is 12.3 Å². The standard InChI is InChI=1S/C18H15ClF3N3O3/c1-10-6-11(18(20,21)22)7-15(23-10)25-14(9-28-17(25)27)16(26)24(2)13-5-3-4-12(19)8-13/h3-8,14H,9H2,1-2H3. The quantitative estimate of drug-likeness (QED) is 0.761. The van der Waals surface area contributed by atoms with Crippen molar-refractivity contribution in [2.45, 2.75) is 19.1 Å². The zero-order valence-electron chi connectivity index (χ0n) is 14.8. The lowest BCUT2D eigenvalue weighted by molar-refractivity contribution is -0.137. The van der Waals surface area contributed by atoms with Crippen LogP contribution in [-0.2, 0) is 15.7 Å². The number of ether oxygens (including phenoxy) is 1. The second kappa shape index (κ2) is 7.31. The van der Waals surface area contributed by atoms with Crippen molar-refractivity contribution in [2.24, 2.45) is 0 Å². The van der Waals surface area contributed by atoms with Crippen LogP contribution in [0.1, 0.15) is 11.3 Å². The van der Waals surface area contributed by atoms with Crippen molar-refractivity contribution in [1.29, 1.82) is 0 Å². The Morgan fingerprint density at radius 2 is 2.04 bits per heavy atom. The maximum atomic E-state index is 13.1. The van der Waals surface area contributed by atoms with Crippen LogP contribution < -0.4 is 9.80 Å². The van der Waals surface area contributed by atoms with Gasteiger partial charge in [0.1, 0.15) is 12.4 Å². The number of pyridine rings is 1. The molecule has 1 fully saturated rings. The monoisotopic (exact) mass is 413 g/mol.